The summed E-state index contributed by atoms with van der Waals surface area (Å²) in [6.45, 7) is 3.50. The highest BCUT2D eigenvalue weighted by molar-refractivity contribution is 5.87. The summed E-state index contributed by atoms with van der Waals surface area (Å²) >= 11 is 0. The molecule has 1 N–H and O–H groups in total. The van der Waals surface area contributed by atoms with Gasteiger partial charge in [0.1, 0.15) is 11.5 Å². The molecule has 0 fully saturated rings. The number of carbonyl (C=O) groups is 1. The van der Waals surface area contributed by atoms with Crippen LogP contribution in [-0.2, 0) is 4.74 Å². The number of halogens is 1. The fourth-order valence-corrected chi connectivity index (χ4v) is 1.79. The van der Waals surface area contributed by atoms with E-state index in [1.165, 1.54) is 24.3 Å². The summed E-state index contributed by atoms with van der Waals surface area (Å²) in [7, 11) is 0. The van der Waals surface area contributed by atoms with Gasteiger partial charge in [0, 0.05) is 5.56 Å². The van der Waals surface area contributed by atoms with Crippen molar-refractivity contribution in [3.05, 3.63) is 41.6 Å². The summed E-state index contributed by atoms with van der Waals surface area (Å²) < 4.78 is 18.3. The van der Waals surface area contributed by atoms with E-state index >= 15 is 0 Å². The molecule has 19 heavy (non-hydrogen) atoms. The van der Waals surface area contributed by atoms with Gasteiger partial charge in [0.2, 0.25) is 0 Å². The highest BCUT2D eigenvalue weighted by Gasteiger charge is 2.21. The summed E-state index contributed by atoms with van der Waals surface area (Å²) in [4.78, 5) is 15.6. The molecule has 0 spiro atoms. The van der Waals surface area contributed by atoms with Crippen LogP contribution < -0.4 is 0 Å². The molecule has 1 aromatic carbocycles. The van der Waals surface area contributed by atoms with Crippen LogP contribution in [0.4, 0.5) is 4.39 Å². The second-order valence-corrected chi connectivity index (χ2v) is 3.91. The molecule has 0 aliphatic carbocycles. The lowest BCUT2D eigenvalue weighted by molar-refractivity contribution is 0.0467. The standard InChI is InChI=1S/C13H13FN2O3/c1-3-19-13(17)12-15-8(2)11(16(12)18)9-4-6-10(14)7-5-9/h4-7,18H,3H2,1-2H3. The molecule has 100 valence electrons. The fraction of sp³-hybridized carbons (Fsp3) is 0.231. The van der Waals surface area contributed by atoms with Crippen molar-refractivity contribution in [2.45, 2.75) is 13.8 Å². The number of esters is 1. The van der Waals surface area contributed by atoms with Crippen LogP contribution in [0.1, 0.15) is 23.2 Å². The minimum absolute atomic E-state index is 0.191. The third kappa shape index (κ3) is 2.42. The molecule has 0 saturated carbocycles. The van der Waals surface area contributed by atoms with E-state index in [1.54, 1.807) is 13.8 Å². The van der Waals surface area contributed by atoms with Crippen LogP contribution in [0.3, 0.4) is 0 Å². The minimum Gasteiger partial charge on any atom is -0.460 e. The third-order valence-corrected chi connectivity index (χ3v) is 2.60. The monoisotopic (exact) mass is 264 g/mol. The van der Waals surface area contributed by atoms with Crippen LogP contribution in [-0.4, -0.2) is 27.5 Å². The second-order valence-electron chi connectivity index (χ2n) is 3.91. The Labute approximate surface area is 109 Å². The van der Waals surface area contributed by atoms with Gasteiger partial charge in [0.25, 0.3) is 5.82 Å². The van der Waals surface area contributed by atoms with Gasteiger partial charge >= 0.3 is 5.97 Å². The molecule has 0 aliphatic rings. The molecule has 1 heterocycles. The van der Waals surface area contributed by atoms with Gasteiger partial charge in [-0.25, -0.2) is 14.2 Å². The number of aryl methyl sites for hydroxylation is 1. The Balaban J connectivity index is 2.47. The molecule has 0 saturated heterocycles. The van der Waals surface area contributed by atoms with E-state index in [-0.39, 0.29) is 18.2 Å². The van der Waals surface area contributed by atoms with Crippen molar-refractivity contribution in [1.82, 2.24) is 9.71 Å². The average Bonchev–Trinajstić information content (AvgIpc) is 2.67. The van der Waals surface area contributed by atoms with E-state index < -0.39 is 5.97 Å². The predicted molar refractivity (Wildman–Crippen MR) is 65.5 cm³/mol. The molecule has 2 rings (SSSR count). The van der Waals surface area contributed by atoms with Gasteiger partial charge in [-0.05, 0) is 38.1 Å². The number of hydrogen-bond donors (Lipinski definition) is 1. The van der Waals surface area contributed by atoms with Gasteiger partial charge in [0.15, 0.2) is 0 Å². The summed E-state index contributed by atoms with van der Waals surface area (Å²) in [6.07, 6.45) is 0. The number of hydrogen-bond acceptors (Lipinski definition) is 4. The third-order valence-electron chi connectivity index (χ3n) is 2.60. The maximum Gasteiger partial charge on any atom is 0.377 e. The topological polar surface area (TPSA) is 64.3 Å². The number of aromatic nitrogens is 2. The average molecular weight is 264 g/mol. The van der Waals surface area contributed by atoms with Crippen molar-refractivity contribution >= 4 is 5.97 Å². The highest BCUT2D eigenvalue weighted by atomic mass is 19.1. The molecule has 6 heteroatoms. The quantitative estimate of drug-likeness (QED) is 0.683. The summed E-state index contributed by atoms with van der Waals surface area (Å²) in [6, 6.07) is 5.54. The minimum atomic E-state index is -0.707. The van der Waals surface area contributed by atoms with Gasteiger partial charge in [0.05, 0.1) is 12.3 Å². The molecule has 0 aliphatic heterocycles. The van der Waals surface area contributed by atoms with Crippen LogP contribution in [0.25, 0.3) is 11.3 Å². The van der Waals surface area contributed by atoms with E-state index in [0.717, 1.165) is 0 Å². The Bertz CT molecular complexity index is 605. The largest absolute Gasteiger partial charge is 0.460 e. The molecular weight excluding hydrogens is 251 g/mol. The molecule has 5 nitrogen and oxygen atoms in total. The molecule has 0 atom stereocenters. The van der Waals surface area contributed by atoms with Gasteiger partial charge in [-0.2, -0.15) is 4.73 Å². The van der Waals surface area contributed by atoms with Crippen molar-refractivity contribution in [3.8, 4) is 11.3 Å². The van der Waals surface area contributed by atoms with Gasteiger partial charge < -0.3 is 9.94 Å². The lowest BCUT2D eigenvalue weighted by atomic mass is 10.1. The zero-order valence-electron chi connectivity index (χ0n) is 10.6. The number of imidazole rings is 1. The van der Waals surface area contributed by atoms with E-state index in [1.807, 2.05) is 0 Å². The maximum absolute atomic E-state index is 12.9. The van der Waals surface area contributed by atoms with Crippen molar-refractivity contribution in [3.63, 3.8) is 0 Å². The van der Waals surface area contributed by atoms with Crippen LogP contribution in [0, 0.1) is 12.7 Å². The van der Waals surface area contributed by atoms with E-state index in [9.17, 15) is 14.4 Å². The van der Waals surface area contributed by atoms with E-state index in [4.69, 9.17) is 4.74 Å². The Morgan fingerprint density at radius 3 is 2.63 bits per heavy atom. The first-order valence-corrected chi connectivity index (χ1v) is 5.76. The second kappa shape index (κ2) is 5.09. The smallest absolute Gasteiger partial charge is 0.377 e. The number of nitrogens with zero attached hydrogens (tertiary/aromatic N) is 2. The fourth-order valence-electron chi connectivity index (χ4n) is 1.79. The zero-order valence-corrected chi connectivity index (χ0v) is 10.6. The van der Waals surface area contributed by atoms with Crippen LogP contribution >= 0.6 is 0 Å². The SMILES string of the molecule is CCOC(=O)c1nc(C)c(-c2ccc(F)cc2)n1O. The highest BCUT2D eigenvalue weighted by Crippen LogP contribution is 2.24. The van der Waals surface area contributed by atoms with Gasteiger partial charge in [-0.1, -0.05) is 0 Å². The van der Waals surface area contributed by atoms with E-state index in [0.29, 0.717) is 21.7 Å². The number of ether oxygens (including phenoxy) is 1. The molecule has 1 aromatic heterocycles. The first-order valence-electron chi connectivity index (χ1n) is 5.76. The Kier molecular flexibility index (Phi) is 3.50. The summed E-state index contributed by atoms with van der Waals surface area (Å²) in [5.74, 6) is -1.28. The van der Waals surface area contributed by atoms with Crippen molar-refractivity contribution < 1.29 is 19.1 Å². The number of rotatable bonds is 3. The predicted octanol–water partition coefficient (Wildman–Crippen LogP) is 2.41. The lowest BCUT2D eigenvalue weighted by Gasteiger charge is -2.04. The Morgan fingerprint density at radius 1 is 1.42 bits per heavy atom. The van der Waals surface area contributed by atoms with Crippen molar-refractivity contribution in [2.75, 3.05) is 6.61 Å². The van der Waals surface area contributed by atoms with Crippen LogP contribution in [0.5, 0.6) is 0 Å². The van der Waals surface area contributed by atoms with Gasteiger partial charge in [-0.15, -0.1) is 0 Å². The summed E-state index contributed by atoms with van der Waals surface area (Å²) in [5.41, 5.74) is 1.35. The summed E-state index contributed by atoms with van der Waals surface area (Å²) in [5, 5.41) is 9.99. The van der Waals surface area contributed by atoms with Crippen LogP contribution in [0.15, 0.2) is 24.3 Å². The van der Waals surface area contributed by atoms with E-state index in [2.05, 4.69) is 4.98 Å². The van der Waals surface area contributed by atoms with Gasteiger partial charge in [-0.3, -0.25) is 0 Å². The molecule has 0 bridgehead atoms. The molecular formula is C13H13FN2O3. The number of benzene rings is 1. The molecule has 2 aromatic rings. The Hall–Kier alpha value is -2.37. The molecule has 0 radical (unpaired) electrons. The first-order chi connectivity index (χ1) is 9.04. The lowest BCUT2D eigenvalue weighted by Crippen LogP contribution is -2.12. The number of carbonyl (C=O) groups excluding carboxylic acids is 1. The molecule has 0 amide bonds. The zero-order chi connectivity index (χ0) is 14.0. The van der Waals surface area contributed by atoms with Crippen molar-refractivity contribution in [2.24, 2.45) is 0 Å². The normalized spacial score (nSPS) is 10.5. The molecule has 0 unspecified atom stereocenters. The maximum atomic E-state index is 12.9. The first kappa shape index (κ1) is 13.1. The Morgan fingerprint density at radius 2 is 2.05 bits per heavy atom. The van der Waals surface area contributed by atoms with Crippen molar-refractivity contribution in [1.29, 1.82) is 0 Å². The van der Waals surface area contributed by atoms with Crippen LogP contribution in [0.2, 0.25) is 0 Å².